The second-order valence-corrected chi connectivity index (χ2v) is 14.2. The molecule has 1 saturated heterocycles. The maximum absolute atomic E-state index is 9.73. The highest BCUT2D eigenvalue weighted by atomic mass is 16.5. The zero-order valence-electron chi connectivity index (χ0n) is 32.2. The van der Waals surface area contributed by atoms with Crippen LogP contribution in [0.15, 0.2) is 79.5 Å². The highest BCUT2D eigenvalue weighted by Crippen LogP contribution is 2.26. The summed E-state index contributed by atoms with van der Waals surface area (Å²) in [6, 6.07) is 6.38. The van der Waals surface area contributed by atoms with Crippen LogP contribution in [0.2, 0.25) is 0 Å². The van der Waals surface area contributed by atoms with Crippen molar-refractivity contribution in [3.05, 3.63) is 85.0 Å². The molecule has 1 aromatic rings. The first-order chi connectivity index (χ1) is 24.7. The fraction of sp³-hybridized carbons (Fsp3) is 0.652. The molecular weight excluding hydrogens is 615 g/mol. The topological polar surface area (TPSA) is 41.9 Å². The molecule has 0 unspecified atom stereocenters. The van der Waals surface area contributed by atoms with E-state index in [-0.39, 0.29) is 6.10 Å². The molecular formula is C46H75NO3. The standard InChI is InChI=1S/C46H75NO3/c1-3-5-7-9-11-13-15-17-19-21-23-25-27-29-31-33-35-49-45-37-43(40-47-41-44(48)42-47)38-46(39-45)50-36-34-32-30-28-26-24-22-20-18-16-14-12-10-8-6-4-2/h3,11-14,17-20,37-39,44,48H,1,4-10,15-16,21-36,40-42H2,2H3/b13-11-,14-12-,19-17-,20-18-. The van der Waals surface area contributed by atoms with Gasteiger partial charge >= 0.3 is 0 Å². The molecule has 0 spiro atoms. The van der Waals surface area contributed by atoms with Crippen molar-refractivity contribution >= 4 is 0 Å². The summed E-state index contributed by atoms with van der Waals surface area (Å²) in [5, 5.41) is 9.73. The van der Waals surface area contributed by atoms with Gasteiger partial charge in [-0.3, -0.25) is 4.90 Å². The smallest absolute Gasteiger partial charge is 0.123 e. The van der Waals surface area contributed by atoms with Gasteiger partial charge in [0.25, 0.3) is 0 Å². The van der Waals surface area contributed by atoms with Crippen molar-refractivity contribution < 1.29 is 14.6 Å². The molecule has 1 fully saturated rings. The minimum atomic E-state index is -0.185. The molecule has 1 N–H and O–H groups in total. The van der Waals surface area contributed by atoms with E-state index in [4.69, 9.17) is 9.47 Å². The van der Waals surface area contributed by atoms with Crippen molar-refractivity contribution in [3.63, 3.8) is 0 Å². The number of benzene rings is 1. The molecule has 282 valence electrons. The van der Waals surface area contributed by atoms with Crippen LogP contribution in [0.4, 0.5) is 0 Å². The van der Waals surface area contributed by atoms with Gasteiger partial charge in [-0.1, -0.05) is 126 Å². The predicted molar refractivity (Wildman–Crippen MR) is 217 cm³/mol. The van der Waals surface area contributed by atoms with Crippen molar-refractivity contribution in [3.8, 4) is 11.5 Å². The van der Waals surface area contributed by atoms with Crippen LogP contribution in [-0.4, -0.2) is 42.4 Å². The second-order valence-electron chi connectivity index (χ2n) is 14.2. The number of hydrogen-bond acceptors (Lipinski definition) is 4. The number of hydrogen-bond donors (Lipinski definition) is 1. The van der Waals surface area contributed by atoms with Gasteiger partial charge in [0, 0.05) is 25.7 Å². The zero-order valence-corrected chi connectivity index (χ0v) is 32.2. The highest BCUT2D eigenvalue weighted by molar-refractivity contribution is 5.38. The van der Waals surface area contributed by atoms with Crippen molar-refractivity contribution in [2.45, 2.75) is 167 Å². The van der Waals surface area contributed by atoms with E-state index < -0.39 is 0 Å². The van der Waals surface area contributed by atoms with Gasteiger partial charge in [-0.15, -0.1) is 6.58 Å². The number of aliphatic hydroxyl groups is 1. The summed E-state index contributed by atoms with van der Waals surface area (Å²) < 4.78 is 12.4. The maximum Gasteiger partial charge on any atom is 0.123 e. The Balaban J connectivity index is 1.53. The monoisotopic (exact) mass is 690 g/mol. The third-order valence-corrected chi connectivity index (χ3v) is 9.32. The fourth-order valence-corrected chi connectivity index (χ4v) is 6.25. The van der Waals surface area contributed by atoms with E-state index in [1.807, 2.05) is 6.08 Å². The first kappa shape index (κ1) is 43.6. The molecule has 2 rings (SSSR count). The lowest BCUT2D eigenvalue weighted by Crippen LogP contribution is -2.49. The van der Waals surface area contributed by atoms with Gasteiger partial charge in [0.05, 0.1) is 19.3 Å². The van der Waals surface area contributed by atoms with Gasteiger partial charge in [0.1, 0.15) is 11.5 Å². The van der Waals surface area contributed by atoms with Gasteiger partial charge in [-0.25, -0.2) is 0 Å². The van der Waals surface area contributed by atoms with E-state index in [1.165, 1.54) is 115 Å². The lowest BCUT2D eigenvalue weighted by Gasteiger charge is -2.35. The SMILES string of the molecule is C=CCCC/C=C\C/C=C\CCCCCCCCOc1cc(CN2CC(O)C2)cc(OCCCCCCCC/C=C\C/C=C\CCCCC)c1. The Hall–Kier alpha value is -2.56. The van der Waals surface area contributed by atoms with E-state index in [0.717, 1.165) is 82.9 Å². The average Bonchev–Trinajstić information content (AvgIpc) is 3.10. The van der Waals surface area contributed by atoms with Gasteiger partial charge < -0.3 is 14.6 Å². The van der Waals surface area contributed by atoms with Crippen molar-refractivity contribution in [1.29, 1.82) is 0 Å². The Bertz CT molecular complexity index is 1050. The molecule has 4 nitrogen and oxygen atoms in total. The van der Waals surface area contributed by atoms with Crippen LogP contribution in [0.1, 0.15) is 160 Å². The largest absolute Gasteiger partial charge is 0.493 e. The van der Waals surface area contributed by atoms with Crippen LogP contribution >= 0.6 is 0 Å². The molecule has 1 aliphatic rings. The number of β-amino-alcohol motifs (C(OH)–C–C–N with tert-alkyl or cyclic N) is 1. The minimum Gasteiger partial charge on any atom is -0.493 e. The first-order valence-corrected chi connectivity index (χ1v) is 20.7. The van der Waals surface area contributed by atoms with Crippen LogP contribution in [-0.2, 0) is 6.54 Å². The number of rotatable bonds is 34. The fourth-order valence-electron chi connectivity index (χ4n) is 6.25. The van der Waals surface area contributed by atoms with Crippen LogP contribution in [0.3, 0.4) is 0 Å². The summed E-state index contributed by atoms with van der Waals surface area (Å²) in [7, 11) is 0. The molecule has 1 aromatic carbocycles. The molecule has 4 heteroatoms. The van der Waals surface area contributed by atoms with E-state index >= 15 is 0 Å². The summed E-state index contributed by atoms with van der Waals surface area (Å²) in [6.07, 6.45) is 48.6. The lowest BCUT2D eigenvalue weighted by molar-refractivity contribution is -0.00292. The molecule has 1 heterocycles. The number of likely N-dealkylation sites (tertiary alicyclic amines) is 1. The third kappa shape index (κ3) is 25.4. The molecule has 0 atom stereocenters. The van der Waals surface area contributed by atoms with Gasteiger partial charge in [0.2, 0.25) is 0 Å². The highest BCUT2D eigenvalue weighted by Gasteiger charge is 2.24. The van der Waals surface area contributed by atoms with Crippen LogP contribution < -0.4 is 9.47 Å². The Morgan fingerprint density at radius 3 is 1.48 bits per heavy atom. The van der Waals surface area contributed by atoms with E-state index in [9.17, 15) is 5.11 Å². The van der Waals surface area contributed by atoms with Crippen molar-refractivity contribution in [2.75, 3.05) is 26.3 Å². The summed E-state index contributed by atoms with van der Waals surface area (Å²) in [4.78, 5) is 2.27. The van der Waals surface area contributed by atoms with Crippen LogP contribution in [0.25, 0.3) is 0 Å². The number of nitrogens with zero attached hydrogens (tertiary/aromatic N) is 1. The van der Waals surface area contributed by atoms with E-state index in [2.05, 4.69) is 85.2 Å². The Morgan fingerprint density at radius 2 is 1.02 bits per heavy atom. The Morgan fingerprint density at radius 1 is 0.580 bits per heavy atom. The van der Waals surface area contributed by atoms with Crippen molar-refractivity contribution in [2.24, 2.45) is 0 Å². The average molecular weight is 690 g/mol. The number of aliphatic hydroxyl groups excluding tert-OH is 1. The summed E-state index contributed by atoms with van der Waals surface area (Å²) in [6.45, 7) is 9.86. The molecule has 0 radical (unpaired) electrons. The number of unbranched alkanes of at least 4 members (excludes halogenated alkanes) is 17. The normalized spacial score (nSPS) is 14.1. The number of allylic oxidation sites excluding steroid dienone is 9. The Labute approximate surface area is 308 Å². The molecule has 0 bridgehead atoms. The van der Waals surface area contributed by atoms with Crippen molar-refractivity contribution in [1.82, 2.24) is 4.90 Å². The molecule has 0 amide bonds. The van der Waals surface area contributed by atoms with Gasteiger partial charge in [0.15, 0.2) is 0 Å². The summed E-state index contributed by atoms with van der Waals surface area (Å²) in [5.74, 6) is 1.82. The molecule has 0 aliphatic carbocycles. The van der Waals surface area contributed by atoms with Gasteiger partial charge in [-0.05, 0) is 101 Å². The molecule has 50 heavy (non-hydrogen) atoms. The van der Waals surface area contributed by atoms with Crippen LogP contribution in [0.5, 0.6) is 11.5 Å². The van der Waals surface area contributed by atoms with E-state index in [0.29, 0.717) is 0 Å². The lowest BCUT2D eigenvalue weighted by atomic mass is 10.1. The third-order valence-electron chi connectivity index (χ3n) is 9.32. The first-order valence-electron chi connectivity index (χ1n) is 20.7. The minimum absolute atomic E-state index is 0.185. The Kier molecular flexibility index (Phi) is 28.2. The maximum atomic E-state index is 9.73. The van der Waals surface area contributed by atoms with Gasteiger partial charge in [-0.2, -0.15) is 0 Å². The molecule has 0 aromatic heterocycles. The molecule has 1 aliphatic heterocycles. The zero-order chi connectivity index (χ0) is 35.6. The van der Waals surface area contributed by atoms with Crippen LogP contribution in [0, 0.1) is 0 Å². The molecule has 0 saturated carbocycles. The second kappa shape index (κ2) is 32.4. The number of ether oxygens (including phenoxy) is 2. The summed E-state index contributed by atoms with van der Waals surface area (Å²) in [5.41, 5.74) is 1.20. The predicted octanol–water partition coefficient (Wildman–Crippen LogP) is 13.0. The summed E-state index contributed by atoms with van der Waals surface area (Å²) >= 11 is 0. The van der Waals surface area contributed by atoms with E-state index in [1.54, 1.807) is 0 Å². The quantitative estimate of drug-likeness (QED) is 0.0578.